The van der Waals surface area contributed by atoms with Gasteiger partial charge in [-0.25, -0.2) is 4.79 Å². The second kappa shape index (κ2) is 7.26. The smallest absolute Gasteiger partial charge is 0.323 e. The van der Waals surface area contributed by atoms with Gasteiger partial charge in [-0.1, -0.05) is 24.3 Å². The number of nitrogens with one attached hydrogen (secondary N) is 3. The Morgan fingerprint density at radius 2 is 1.85 bits per heavy atom. The lowest BCUT2D eigenvalue weighted by atomic mass is 10.1. The van der Waals surface area contributed by atoms with Crippen LogP contribution in [0.4, 0.5) is 5.69 Å². The number of fused-ring (bicyclic) bond motifs is 1. The topological polar surface area (TPSA) is 104 Å². The number of aromatic amines is 2. The lowest BCUT2D eigenvalue weighted by Gasteiger charge is -2.14. The number of hydrogen-bond acceptors (Lipinski definition) is 4. The molecule has 1 amide bonds. The predicted molar refractivity (Wildman–Crippen MR) is 98.0 cm³/mol. The number of anilines is 1. The highest BCUT2D eigenvalue weighted by molar-refractivity contribution is 5.96. The second-order valence-electron chi connectivity index (χ2n) is 6.06. The van der Waals surface area contributed by atoms with Gasteiger partial charge < -0.3 is 20.0 Å². The summed E-state index contributed by atoms with van der Waals surface area (Å²) in [7, 11) is 0. The first-order valence-electron chi connectivity index (χ1n) is 8.19. The van der Waals surface area contributed by atoms with E-state index in [9.17, 15) is 14.4 Å². The zero-order valence-electron chi connectivity index (χ0n) is 14.5. The molecule has 134 valence electrons. The molecule has 0 aliphatic heterocycles. The number of aryl methyl sites for hydroxylation is 1. The number of carbonyl (C=O) groups excluding carboxylic acids is 2. The molecule has 3 N–H and O–H groups in total. The molecule has 0 radical (unpaired) electrons. The molecule has 0 saturated carbocycles. The van der Waals surface area contributed by atoms with E-state index in [1.807, 2.05) is 31.2 Å². The monoisotopic (exact) mass is 353 g/mol. The molecule has 1 atom stereocenters. The normalized spacial score (nSPS) is 11.9. The molecule has 1 aromatic heterocycles. The summed E-state index contributed by atoms with van der Waals surface area (Å²) in [6, 6.07) is 12.5. The van der Waals surface area contributed by atoms with Gasteiger partial charge in [0.25, 0.3) is 5.91 Å². The Balaban J connectivity index is 1.60. The van der Waals surface area contributed by atoms with Crippen LogP contribution < -0.4 is 11.0 Å². The summed E-state index contributed by atoms with van der Waals surface area (Å²) < 4.78 is 5.22. The molecule has 26 heavy (non-hydrogen) atoms. The van der Waals surface area contributed by atoms with Crippen LogP contribution in [0.5, 0.6) is 0 Å². The third kappa shape index (κ3) is 4.00. The van der Waals surface area contributed by atoms with Gasteiger partial charge in [-0.15, -0.1) is 0 Å². The van der Waals surface area contributed by atoms with Crippen molar-refractivity contribution in [1.29, 1.82) is 0 Å². The maximum atomic E-state index is 12.2. The quantitative estimate of drug-likeness (QED) is 0.612. The molecule has 0 saturated heterocycles. The predicted octanol–water partition coefficient (Wildman–Crippen LogP) is 2.28. The first-order chi connectivity index (χ1) is 12.4. The Bertz CT molecular complexity index is 1020. The van der Waals surface area contributed by atoms with Crippen LogP contribution in [0.1, 0.15) is 18.1 Å². The van der Waals surface area contributed by atoms with Crippen LogP contribution in [0, 0.1) is 6.92 Å². The summed E-state index contributed by atoms with van der Waals surface area (Å²) in [5, 5.41) is 2.67. The molecule has 0 spiro atoms. The van der Waals surface area contributed by atoms with Crippen molar-refractivity contribution < 1.29 is 14.3 Å². The van der Waals surface area contributed by atoms with E-state index in [1.165, 1.54) is 6.92 Å². The van der Waals surface area contributed by atoms with Crippen LogP contribution in [0.25, 0.3) is 11.0 Å². The van der Waals surface area contributed by atoms with Crippen LogP contribution in [-0.2, 0) is 20.7 Å². The molecule has 3 rings (SSSR count). The average Bonchev–Trinajstić information content (AvgIpc) is 2.96. The van der Waals surface area contributed by atoms with Crippen molar-refractivity contribution in [1.82, 2.24) is 9.97 Å². The molecule has 0 aliphatic rings. The van der Waals surface area contributed by atoms with Gasteiger partial charge in [-0.3, -0.25) is 9.59 Å². The van der Waals surface area contributed by atoms with Gasteiger partial charge in [-0.05, 0) is 43.2 Å². The van der Waals surface area contributed by atoms with E-state index in [4.69, 9.17) is 4.74 Å². The van der Waals surface area contributed by atoms with Crippen LogP contribution in [0.15, 0.2) is 47.3 Å². The van der Waals surface area contributed by atoms with Crippen molar-refractivity contribution in [3.05, 3.63) is 64.1 Å². The Morgan fingerprint density at radius 1 is 1.12 bits per heavy atom. The third-order valence-corrected chi connectivity index (χ3v) is 4.06. The third-order valence-electron chi connectivity index (χ3n) is 4.06. The van der Waals surface area contributed by atoms with Gasteiger partial charge in [0.1, 0.15) is 0 Å². The van der Waals surface area contributed by atoms with Crippen LogP contribution in [0.3, 0.4) is 0 Å². The van der Waals surface area contributed by atoms with Crippen molar-refractivity contribution in [2.24, 2.45) is 0 Å². The zero-order chi connectivity index (χ0) is 18.7. The average molecular weight is 353 g/mol. The summed E-state index contributed by atoms with van der Waals surface area (Å²) in [6.07, 6.45) is -0.826. The lowest BCUT2D eigenvalue weighted by molar-refractivity contribution is -0.152. The minimum atomic E-state index is -0.938. The molecule has 2 aromatic carbocycles. The number of ether oxygens (including phenoxy) is 1. The van der Waals surface area contributed by atoms with Crippen molar-refractivity contribution >= 4 is 28.6 Å². The van der Waals surface area contributed by atoms with Crippen molar-refractivity contribution in [3.63, 3.8) is 0 Å². The number of hydrogen-bond donors (Lipinski definition) is 3. The molecule has 0 bridgehead atoms. The highest BCUT2D eigenvalue weighted by Gasteiger charge is 2.18. The van der Waals surface area contributed by atoms with E-state index in [-0.39, 0.29) is 12.1 Å². The molecule has 3 aromatic rings. The fourth-order valence-corrected chi connectivity index (χ4v) is 2.61. The summed E-state index contributed by atoms with van der Waals surface area (Å²) >= 11 is 0. The molecule has 0 unspecified atom stereocenters. The van der Waals surface area contributed by atoms with Gasteiger partial charge in [0.2, 0.25) is 0 Å². The fraction of sp³-hybridized carbons (Fsp3) is 0.211. The zero-order valence-corrected chi connectivity index (χ0v) is 14.5. The highest BCUT2D eigenvalue weighted by Crippen LogP contribution is 2.15. The van der Waals surface area contributed by atoms with Gasteiger partial charge in [-0.2, -0.15) is 0 Å². The van der Waals surface area contributed by atoms with E-state index in [2.05, 4.69) is 15.3 Å². The first kappa shape index (κ1) is 17.5. The fourth-order valence-electron chi connectivity index (χ4n) is 2.61. The first-order valence-corrected chi connectivity index (χ1v) is 8.19. The standard InChI is InChI=1S/C19H19N3O4/c1-11-5-3-4-6-13(11)9-17(23)26-12(2)18(24)20-14-7-8-15-16(10-14)22-19(25)21-15/h3-8,10,12H,9H2,1-2H3,(H,20,24)(H2,21,22,25)/t12-/m1/s1. The van der Waals surface area contributed by atoms with E-state index >= 15 is 0 Å². The number of benzene rings is 2. The van der Waals surface area contributed by atoms with Crippen LogP contribution in [0.2, 0.25) is 0 Å². The van der Waals surface area contributed by atoms with Crippen molar-refractivity contribution in [3.8, 4) is 0 Å². The molecule has 0 aliphatic carbocycles. The number of amides is 1. The minimum absolute atomic E-state index is 0.112. The summed E-state index contributed by atoms with van der Waals surface area (Å²) in [4.78, 5) is 40.8. The highest BCUT2D eigenvalue weighted by atomic mass is 16.5. The summed E-state index contributed by atoms with van der Waals surface area (Å²) in [6.45, 7) is 3.43. The van der Waals surface area contributed by atoms with Crippen molar-refractivity contribution in [2.45, 2.75) is 26.4 Å². The van der Waals surface area contributed by atoms with Gasteiger partial charge in [0.15, 0.2) is 6.10 Å². The maximum absolute atomic E-state index is 12.2. The summed E-state index contributed by atoms with van der Waals surface area (Å²) in [5.41, 5.74) is 3.27. The Kier molecular flexibility index (Phi) is 4.88. The van der Waals surface area contributed by atoms with E-state index in [0.717, 1.165) is 11.1 Å². The van der Waals surface area contributed by atoms with Crippen molar-refractivity contribution in [2.75, 3.05) is 5.32 Å². The largest absolute Gasteiger partial charge is 0.452 e. The Labute approximate surface area is 149 Å². The molecular formula is C19H19N3O4. The van der Waals surface area contributed by atoms with Crippen LogP contribution in [-0.4, -0.2) is 27.9 Å². The number of esters is 1. The lowest BCUT2D eigenvalue weighted by Crippen LogP contribution is -2.30. The molecule has 7 nitrogen and oxygen atoms in total. The number of H-pyrrole nitrogens is 2. The number of rotatable bonds is 5. The van der Waals surface area contributed by atoms with Crippen LogP contribution >= 0.6 is 0 Å². The maximum Gasteiger partial charge on any atom is 0.323 e. The second-order valence-corrected chi connectivity index (χ2v) is 6.06. The molecular weight excluding hydrogens is 334 g/mol. The van der Waals surface area contributed by atoms with E-state index < -0.39 is 18.0 Å². The number of imidazole rings is 1. The van der Waals surface area contributed by atoms with Gasteiger partial charge in [0, 0.05) is 5.69 Å². The molecule has 7 heteroatoms. The van der Waals surface area contributed by atoms with Gasteiger partial charge >= 0.3 is 11.7 Å². The molecule has 1 heterocycles. The SMILES string of the molecule is Cc1ccccc1CC(=O)O[C@H](C)C(=O)Nc1ccc2[nH]c(=O)[nH]c2c1. The van der Waals surface area contributed by atoms with E-state index in [0.29, 0.717) is 16.7 Å². The Hall–Kier alpha value is -3.35. The molecule has 0 fully saturated rings. The van der Waals surface area contributed by atoms with E-state index in [1.54, 1.807) is 18.2 Å². The van der Waals surface area contributed by atoms with Gasteiger partial charge in [0.05, 0.1) is 17.5 Å². The number of carbonyl (C=O) groups is 2. The number of aromatic nitrogens is 2. The minimum Gasteiger partial charge on any atom is -0.452 e. The summed E-state index contributed by atoms with van der Waals surface area (Å²) in [5.74, 6) is -0.910. The Morgan fingerprint density at radius 3 is 2.62 bits per heavy atom.